The minimum absolute atomic E-state index is 0.921. The Morgan fingerprint density at radius 1 is 0.316 bits per heavy atom. The molecule has 9 aromatic carbocycles. The molecule has 270 valence electrons. The molecule has 0 aliphatic heterocycles. The Balaban J connectivity index is 0.945. The highest BCUT2D eigenvalue weighted by molar-refractivity contribution is 5.90. The van der Waals surface area contributed by atoms with Crippen molar-refractivity contribution < 1.29 is 4.42 Å². The molecule has 0 amide bonds. The second kappa shape index (κ2) is 14.7. The summed E-state index contributed by atoms with van der Waals surface area (Å²) in [7, 11) is 0. The summed E-state index contributed by atoms with van der Waals surface area (Å²) >= 11 is 0. The Morgan fingerprint density at radius 2 is 0.737 bits per heavy atom. The quantitative estimate of drug-likeness (QED) is 0.155. The van der Waals surface area contributed by atoms with Crippen molar-refractivity contribution in [2.75, 3.05) is 4.90 Å². The molecule has 0 saturated heterocycles. The Bertz CT molecular complexity index is 2980. The molecule has 10 aromatic rings. The van der Waals surface area contributed by atoms with Crippen LogP contribution >= 0.6 is 0 Å². The van der Waals surface area contributed by atoms with Gasteiger partial charge in [0, 0.05) is 33.6 Å². The van der Waals surface area contributed by atoms with Gasteiger partial charge < -0.3 is 9.32 Å². The van der Waals surface area contributed by atoms with Crippen LogP contribution in [0.25, 0.3) is 77.6 Å². The van der Waals surface area contributed by atoms with E-state index >= 15 is 0 Å². The van der Waals surface area contributed by atoms with Gasteiger partial charge in [-0.2, -0.15) is 0 Å². The largest absolute Gasteiger partial charge is 0.456 e. The van der Waals surface area contributed by atoms with Crippen molar-refractivity contribution in [1.29, 1.82) is 0 Å². The zero-order valence-electron chi connectivity index (χ0n) is 31.6. The number of para-hydroxylation sites is 1. The van der Waals surface area contributed by atoms with Crippen molar-refractivity contribution in [3.8, 4) is 55.8 Å². The molecule has 0 saturated carbocycles. The number of furan rings is 1. The van der Waals surface area contributed by atoms with Crippen LogP contribution in [-0.2, 0) is 0 Å². The van der Waals surface area contributed by atoms with E-state index in [2.05, 4.69) is 218 Å². The van der Waals surface area contributed by atoms with Gasteiger partial charge in [-0.3, -0.25) is 0 Å². The van der Waals surface area contributed by atoms with Gasteiger partial charge in [0.05, 0.1) is 0 Å². The molecule has 10 rings (SSSR count). The molecule has 1 heterocycles. The lowest BCUT2D eigenvalue weighted by atomic mass is 9.97. The van der Waals surface area contributed by atoms with Crippen LogP contribution in [-0.4, -0.2) is 0 Å². The molecule has 1 aromatic heterocycles. The second-order valence-electron chi connectivity index (χ2n) is 14.6. The van der Waals surface area contributed by atoms with E-state index in [1.165, 1.54) is 55.3 Å². The standard InChI is InChI=1S/C55H39NO/c1-38-53-16-7-8-17-54(53)57-55(38)49-15-9-14-47(37-49)44-20-18-41(19-21-44)43-26-32-51(33-27-43)56(50-30-24-42(25-31-50)39-10-3-2-4-11-39)52-34-28-45(29-35-52)48-23-22-40-12-5-6-13-46(40)36-48/h2-37H,1H3. The van der Waals surface area contributed by atoms with Crippen LogP contribution in [0, 0.1) is 6.92 Å². The lowest BCUT2D eigenvalue weighted by Gasteiger charge is -2.26. The second-order valence-corrected chi connectivity index (χ2v) is 14.6. The molecule has 57 heavy (non-hydrogen) atoms. The fraction of sp³-hybridized carbons (Fsp3) is 0.0182. The molecule has 0 N–H and O–H groups in total. The zero-order valence-corrected chi connectivity index (χ0v) is 31.6. The monoisotopic (exact) mass is 729 g/mol. The maximum Gasteiger partial charge on any atom is 0.138 e. The Hall–Kier alpha value is -7.42. The van der Waals surface area contributed by atoms with Gasteiger partial charge in [-0.25, -0.2) is 0 Å². The number of nitrogens with zero attached hydrogens (tertiary/aromatic N) is 1. The number of fused-ring (bicyclic) bond motifs is 2. The minimum atomic E-state index is 0.921. The molecule has 0 fully saturated rings. The first kappa shape index (κ1) is 34.1. The third-order valence-electron chi connectivity index (χ3n) is 11.1. The fourth-order valence-corrected chi connectivity index (χ4v) is 8.00. The number of anilines is 3. The summed E-state index contributed by atoms with van der Waals surface area (Å²) in [5, 5.41) is 3.66. The van der Waals surface area contributed by atoms with Gasteiger partial charge in [0.1, 0.15) is 11.3 Å². The first-order valence-corrected chi connectivity index (χ1v) is 19.5. The van der Waals surface area contributed by atoms with Gasteiger partial charge in [-0.1, -0.05) is 164 Å². The van der Waals surface area contributed by atoms with Gasteiger partial charge in [0.25, 0.3) is 0 Å². The van der Waals surface area contributed by atoms with Crippen molar-refractivity contribution in [2.45, 2.75) is 6.92 Å². The lowest BCUT2D eigenvalue weighted by Crippen LogP contribution is -2.09. The minimum Gasteiger partial charge on any atom is -0.456 e. The summed E-state index contributed by atoms with van der Waals surface area (Å²) in [6, 6.07) is 78.2. The van der Waals surface area contributed by atoms with Crippen LogP contribution in [0.5, 0.6) is 0 Å². The van der Waals surface area contributed by atoms with Gasteiger partial charge >= 0.3 is 0 Å². The number of hydrogen-bond acceptors (Lipinski definition) is 2. The summed E-state index contributed by atoms with van der Waals surface area (Å²) in [5.41, 5.74) is 16.0. The first-order chi connectivity index (χ1) is 28.1. The third kappa shape index (κ3) is 6.68. The van der Waals surface area contributed by atoms with E-state index in [0.29, 0.717) is 0 Å². The summed E-state index contributed by atoms with van der Waals surface area (Å²) in [6.45, 7) is 2.14. The predicted octanol–water partition coefficient (Wildman–Crippen LogP) is 15.7. The molecule has 0 atom stereocenters. The van der Waals surface area contributed by atoms with Gasteiger partial charge in [-0.05, 0) is 117 Å². The molecule has 0 spiro atoms. The van der Waals surface area contributed by atoms with Crippen molar-refractivity contribution >= 4 is 38.8 Å². The normalized spacial score (nSPS) is 11.2. The number of benzene rings is 9. The van der Waals surface area contributed by atoms with Crippen LogP contribution in [0.4, 0.5) is 17.1 Å². The third-order valence-corrected chi connectivity index (χ3v) is 11.1. The van der Waals surface area contributed by atoms with Crippen LogP contribution in [0.15, 0.2) is 223 Å². The number of rotatable bonds is 8. The Morgan fingerprint density at radius 3 is 1.33 bits per heavy atom. The molecule has 2 heteroatoms. The predicted molar refractivity (Wildman–Crippen MR) is 240 cm³/mol. The smallest absolute Gasteiger partial charge is 0.138 e. The number of aryl methyl sites for hydroxylation is 1. The molecular formula is C55H39NO. The highest BCUT2D eigenvalue weighted by Gasteiger charge is 2.15. The topological polar surface area (TPSA) is 16.4 Å². The van der Waals surface area contributed by atoms with E-state index in [9.17, 15) is 0 Å². The van der Waals surface area contributed by atoms with Crippen molar-refractivity contribution in [2.24, 2.45) is 0 Å². The van der Waals surface area contributed by atoms with Crippen LogP contribution in [0.3, 0.4) is 0 Å². The SMILES string of the molecule is Cc1c(-c2cccc(-c3ccc(-c4ccc(N(c5ccc(-c6ccccc6)cc5)c5ccc(-c6ccc7ccccc7c6)cc5)cc4)cc3)c2)oc2ccccc12. The fourth-order valence-electron chi connectivity index (χ4n) is 8.00. The zero-order chi connectivity index (χ0) is 38.1. The van der Waals surface area contributed by atoms with E-state index in [-0.39, 0.29) is 0 Å². The van der Waals surface area contributed by atoms with E-state index < -0.39 is 0 Å². The van der Waals surface area contributed by atoms with Crippen LogP contribution in [0.1, 0.15) is 5.56 Å². The summed E-state index contributed by atoms with van der Waals surface area (Å²) in [4.78, 5) is 2.34. The van der Waals surface area contributed by atoms with Crippen LogP contribution < -0.4 is 4.90 Å². The van der Waals surface area contributed by atoms with Crippen molar-refractivity contribution in [3.05, 3.63) is 224 Å². The van der Waals surface area contributed by atoms with Gasteiger partial charge in [-0.15, -0.1) is 0 Å². The lowest BCUT2D eigenvalue weighted by molar-refractivity contribution is 0.629. The van der Waals surface area contributed by atoms with Gasteiger partial charge in [0.15, 0.2) is 0 Å². The molecule has 0 aliphatic carbocycles. The summed E-state index contributed by atoms with van der Waals surface area (Å²) < 4.78 is 6.29. The molecule has 0 bridgehead atoms. The van der Waals surface area contributed by atoms with E-state index in [4.69, 9.17) is 4.42 Å². The first-order valence-electron chi connectivity index (χ1n) is 19.5. The Labute approximate surface area is 333 Å². The average molecular weight is 730 g/mol. The molecule has 0 unspecified atom stereocenters. The van der Waals surface area contributed by atoms with Crippen molar-refractivity contribution in [3.63, 3.8) is 0 Å². The molecule has 0 radical (unpaired) electrons. The maximum absolute atomic E-state index is 6.29. The van der Waals surface area contributed by atoms with Crippen molar-refractivity contribution in [1.82, 2.24) is 0 Å². The summed E-state index contributed by atoms with van der Waals surface area (Å²) in [6.07, 6.45) is 0. The molecule has 0 aliphatic rings. The van der Waals surface area contributed by atoms with E-state index in [1.54, 1.807) is 0 Å². The highest BCUT2D eigenvalue weighted by atomic mass is 16.3. The van der Waals surface area contributed by atoms with Gasteiger partial charge in [0.2, 0.25) is 0 Å². The summed E-state index contributed by atoms with van der Waals surface area (Å²) in [5.74, 6) is 0.928. The molecular weight excluding hydrogens is 691 g/mol. The highest BCUT2D eigenvalue weighted by Crippen LogP contribution is 2.39. The van der Waals surface area contributed by atoms with E-state index in [1.807, 2.05) is 12.1 Å². The van der Waals surface area contributed by atoms with E-state index in [0.717, 1.165) is 44.9 Å². The number of hydrogen-bond donors (Lipinski definition) is 0. The van der Waals surface area contributed by atoms with Crippen LogP contribution in [0.2, 0.25) is 0 Å². The Kier molecular flexibility index (Phi) is 8.78. The molecule has 2 nitrogen and oxygen atoms in total. The maximum atomic E-state index is 6.29. The average Bonchev–Trinajstić information content (AvgIpc) is 3.63.